The zero-order valence-corrected chi connectivity index (χ0v) is 6.05. The van der Waals surface area contributed by atoms with Gasteiger partial charge in [-0.25, -0.2) is 0 Å². The maximum absolute atomic E-state index is 8.58. The van der Waals surface area contributed by atoms with Gasteiger partial charge < -0.3 is 11.1 Å². The first-order chi connectivity index (χ1) is 4.91. The monoisotopic (exact) mass is 142 g/mol. The average Bonchev–Trinajstić information content (AvgIpc) is 2.48. The van der Waals surface area contributed by atoms with Crippen molar-refractivity contribution in [3.8, 4) is 12.8 Å². The highest BCUT2D eigenvalue weighted by molar-refractivity contribution is 5.42. The molecule has 3 nitrogen and oxygen atoms in total. The number of nitrogens with one attached hydrogen (secondary N) is 1. The zero-order chi connectivity index (χ0) is 8.24. The summed E-state index contributed by atoms with van der Waals surface area (Å²) in [5.41, 5.74) is 4.17. The van der Waals surface area contributed by atoms with Crippen molar-refractivity contribution < 1.29 is 4.79 Å². The van der Waals surface area contributed by atoms with Gasteiger partial charge >= 0.3 is 0 Å². The van der Waals surface area contributed by atoms with E-state index in [4.69, 9.17) is 4.79 Å². The van der Waals surface area contributed by atoms with Crippen molar-refractivity contribution in [1.29, 1.82) is 0 Å². The van der Waals surface area contributed by atoms with Crippen LogP contribution >= 0.6 is 0 Å². The van der Waals surface area contributed by atoms with Crippen molar-refractivity contribution >= 4 is 6.41 Å². The lowest BCUT2D eigenvalue weighted by molar-refractivity contribution is -0.106. The maximum atomic E-state index is 8.58. The number of nitrogens with two attached hydrogens (primary N) is 1. The molecule has 0 atom stereocenters. The number of terminal acetylenes is 1. The van der Waals surface area contributed by atoms with Crippen molar-refractivity contribution in [3.63, 3.8) is 0 Å². The summed E-state index contributed by atoms with van der Waals surface area (Å²) in [6.45, 7) is 2.50. The molecule has 0 bridgehead atoms. The summed E-state index contributed by atoms with van der Waals surface area (Å²) >= 11 is 0. The molecular weight excluding hydrogens is 128 g/mol. The first-order valence-corrected chi connectivity index (χ1v) is 3.11. The van der Waals surface area contributed by atoms with E-state index >= 15 is 0 Å². The van der Waals surface area contributed by atoms with E-state index in [2.05, 4.69) is 23.9 Å². The number of carbonyl (C=O) groups excluding carboxylic acids is 1. The van der Waals surface area contributed by atoms with Gasteiger partial charge in [-0.15, -0.1) is 12.8 Å². The van der Waals surface area contributed by atoms with Crippen LogP contribution in [0.1, 0.15) is 12.8 Å². The molecule has 0 unspecified atom stereocenters. The van der Waals surface area contributed by atoms with E-state index in [-0.39, 0.29) is 6.41 Å². The second-order valence-electron chi connectivity index (χ2n) is 1.59. The molecular formula is C7H14N2O. The molecule has 1 rings (SSSR count). The number of hydrogen-bond acceptors (Lipinski definition) is 2. The fraction of sp³-hybridized carbons (Fsp3) is 0.571. The Balaban J connectivity index is 0. The third kappa shape index (κ3) is 15.8. The molecule has 1 fully saturated rings. The first-order valence-electron chi connectivity index (χ1n) is 3.11. The lowest BCUT2D eigenvalue weighted by atomic mass is 10.4. The zero-order valence-electron chi connectivity index (χ0n) is 6.05. The van der Waals surface area contributed by atoms with Crippen LogP contribution in [0.2, 0.25) is 0 Å². The average molecular weight is 142 g/mol. The molecule has 10 heavy (non-hydrogen) atoms. The third-order valence-electron chi connectivity index (χ3n) is 0.957. The number of rotatable bonds is 0. The van der Waals surface area contributed by atoms with E-state index in [9.17, 15) is 0 Å². The highest BCUT2D eigenvalue weighted by Gasteiger charge is 1.93. The van der Waals surface area contributed by atoms with Gasteiger partial charge in [-0.2, -0.15) is 0 Å². The van der Waals surface area contributed by atoms with Crippen molar-refractivity contribution in [2.75, 3.05) is 13.1 Å². The second kappa shape index (κ2) is 15.7. The predicted molar refractivity (Wildman–Crippen MR) is 42.2 cm³/mol. The Labute approximate surface area is 62.0 Å². The Bertz CT molecular complexity index is 69.3. The van der Waals surface area contributed by atoms with Crippen LogP contribution in [-0.4, -0.2) is 19.5 Å². The van der Waals surface area contributed by atoms with Crippen molar-refractivity contribution in [2.45, 2.75) is 12.8 Å². The summed E-state index contributed by atoms with van der Waals surface area (Å²) in [7, 11) is 0. The Kier molecular flexibility index (Phi) is 18.4. The van der Waals surface area contributed by atoms with Crippen molar-refractivity contribution in [1.82, 2.24) is 5.32 Å². The fourth-order valence-electron chi connectivity index (χ4n) is 0.625. The summed E-state index contributed by atoms with van der Waals surface area (Å²) < 4.78 is 0. The Morgan fingerprint density at radius 2 is 1.60 bits per heavy atom. The van der Waals surface area contributed by atoms with Crippen molar-refractivity contribution in [3.05, 3.63) is 0 Å². The first kappa shape index (κ1) is 11.7. The molecule has 0 aromatic rings. The normalized spacial score (nSPS) is 13.4. The van der Waals surface area contributed by atoms with Gasteiger partial charge in [0.15, 0.2) is 0 Å². The van der Waals surface area contributed by atoms with E-state index in [1.807, 2.05) is 0 Å². The van der Waals surface area contributed by atoms with E-state index in [1.165, 1.54) is 25.9 Å². The van der Waals surface area contributed by atoms with Gasteiger partial charge in [-0.1, -0.05) is 0 Å². The molecule has 0 saturated carbocycles. The van der Waals surface area contributed by atoms with Gasteiger partial charge in [-0.05, 0) is 25.9 Å². The summed E-state index contributed by atoms with van der Waals surface area (Å²) in [5, 5.41) is 3.22. The highest BCUT2D eigenvalue weighted by atomic mass is 16.1. The van der Waals surface area contributed by atoms with Crippen molar-refractivity contribution in [2.24, 2.45) is 5.73 Å². The number of primary amides is 1. The number of hydrogen-bond donors (Lipinski definition) is 2. The van der Waals surface area contributed by atoms with Gasteiger partial charge in [0.05, 0.1) is 0 Å². The minimum Gasteiger partial charge on any atom is -0.372 e. The van der Waals surface area contributed by atoms with Crippen LogP contribution < -0.4 is 11.1 Å². The molecule has 0 spiro atoms. The molecule has 0 aromatic carbocycles. The summed E-state index contributed by atoms with van der Waals surface area (Å²) in [4.78, 5) is 8.58. The lowest BCUT2D eigenvalue weighted by Crippen LogP contribution is -2.03. The molecule has 3 heteroatoms. The largest absolute Gasteiger partial charge is 0.372 e. The fourth-order valence-corrected chi connectivity index (χ4v) is 0.625. The molecule has 58 valence electrons. The van der Waals surface area contributed by atoms with Gasteiger partial charge in [-0.3, -0.25) is 4.79 Å². The molecule has 0 aliphatic carbocycles. The number of carbonyl (C=O) groups is 1. The van der Waals surface area contributed by atoms with Crippen LogP contribution in [0.5, 0.6) is 0 Å². The number of amides is 1. The molecule has 3 N–H and O–H groups in total. The molecule has 1 aliphatic rings. The Morgan fingerprint density at radius 3 is 1.70 bits per heavy atom. The SMILES string of the molecule is C#C.C1CCNC1.NC=O. The van der Waals surface area contributed by atoms with Crippen LogP contribution in [0, 0.1) is 12.8 Å². The second-order valence-corrected chi connectivity index (χ2v) is 1.59. The topological polar surface area (TPSA) is 55.1 Å². The molecule has 0 aromatic heterocycles. The van der Waals surface area contributed by atoms with E-state index in [1.54, 1.807) is 0 Å². The van der Waals surface area contributed by atoms with Gasteiger partial charge in [0.2, 0.25) is 6.41 Å². The Hall–Kier alpha value is -1.01. The minimum absolute atomic E-state index is 0.250. The van der Waals surface area contributed by atoms with Crippen LogP contribution in [-0.2, 0) is 4.79 Å². The standard InChI is InChI=1S/C4H9N.C2H2.CH3NO/c1-2-4-5-3-1;1-2;2-1-3/h5H,1-4H2;1-2H;1H,(H2,2,3). The maximum Gasteiger partial charge on any atom is 0.204 e. The van der Waals surface area contributed by atoms with E-state index < -0.39 is 0 Å². The summed E-state index contributed by atoms with van der Waals surface area (Å²) in [6, 6.07) is 0. The third-order valence-corrected chi connectivity index (χ3v) is 0.957. The predicted octanol–water partition coefficient (Wildman–Crippen LogP) is -0.279. The van der Waals surface area contributed by atoms with Crippen LogP contribution in [0.3, 0.4) is 0 Å². The quantitative estimate of drug-likeness (QED) is 0.361. The van der Waals surface area contributed by atoms with Crippen LogP contribution in [0.15, 0.2) is 0 Å². The van der Waals surface area contributed by atoms with Gasteiger partial charge in [0.25, 0.3) is 0 Å². The van der Waals surface area contributed by atoms with Gasteiger partial charge in [0.1, 0.15) is 0 Å². The molecule has 1 amide bonds. The smallest absolute Gasteiger partial charge is 0.204 e. The Morgan fingerprint density at radius 1 is 1.30 bits per heavy atom. The molecule has 1 saturated heterocycles. The van der Waals surface area contributed by atoms with Crippen LogP contribution in [0.25, 0.3) is 0 Å². The minimum atomic E-state index is 0.250. The highest BCUT2D eigenvalue weighted by Crippen LogP contribution is 1.90. The van der Waals surface area contributed by atoms with Crippen LogP contribution in [0.4, 0.5) is 0 Å². The van der Waals surface area contributed by atoms with E-state index in [0.29, 0.717) is 0 Å². The summed E-state index contributed by atoms with van der Waals surface area (Å²) in [5.74, 6) is 0. The van der Waals surface area contributed by atoms with E-state index in [0.717, 1.165) is 0 Å². The molecule has 0 radical (unpaired) electrons. The molecule has 1 aliphatic heterocycles. The lowest BCUT2D eigenvalue weighted by Gasteiger charge is -1.76. The summed E-state index contributed by atoms with van der Waals surface area (Å²) in [6.07, 6.45) is 11.0. The molecule has 1 heterocycles. The van der Waals surface area contributed by atoms with Gasteiger partial charge in [0, 0.05) is 0 Å².